The molecule has 0 aliphatic carbocycles. The molecular weight excluding hydrogens is 376 g/mol. The molecule has 2 amide bonds. The zero-order chi connectivity index (χ0) is 21.1. The molecule has 4 rings (SSSR count). The largest absolute Gasteiger partial charge is 0.443 e. The second-order valence-corrected chi connectivity index (χ2v) is 8.39. The first-order chi connectivity index (χ1) is 13.5. The fourth-order valence-corrected chi connectivity index (χ4v) is 3.89. The normalized spacial score (nSPS) is 20.9. The number of imide groups is 1. The van der Waals surface area contributed by atoms with E-state index in [0.29, 0.717) is 11.3 Å². The van der Waals surface area contributed by atoms with Crippen LogP contribution in [0.3, 0.4) is 0 Å². The van der Waals surface area contributed by atoms with Gasteiger partial charge in [0.05, 0.1) is 18.8 Å². The molecule has 0 unspecified atom stereocenters. The van der Waals surface area contributed by atoms with Crippen molar-refractivity contribution in [1.29, 1.82) is 0 Å². The van der Waals surface area contributed by atoms with E-state index in [1.807, 2.05) is 0 Å². The summed E-state index contributed by atoms with van der Waals surface area (Å²) >= 11 is 0. The highest BCUT2D eigenvalue weighted by Crippen LogP contribution is 2.36. The Morgan fingerprint density at radius 1 is 1.07 bits per heavy atom. The lowest BCUT2D eigenvalue weighted by Gasteiger charge is -2.30. The van der Waals surface area contributed by atoms with Crippen LogP contribution in [0.2, 0.25) is 0 Å². The first-order valence-corrected chi connectivity index (χ1v) is 9.31. The Bertz CT molecular complexity index is 1160. The molecule has 9 heteroatoms. The lowest BCUT2D eigenvalue weighted by molar-refractivity contribution is -0.124. The van der Waals surface area contributed by atoms with E-state index < -0.39 is 34.5 Å². The average molecular weight is 398 g/mol. The summed E-state index contributed by atoms with van der Waals surface area (Å²) in [6.07, 6.45) is 0.826. The van der Waals surface area contributed by atoms with Crippen molar-refractivity contribution in [3.8, 4) is 5.69 Å². The SMILES string of the molecule is CC(C)(C)OC(=O)N1C[C@@]2(C)C(=CCn3c(=O)n(-c4ccccc4)c(=O)n32)C1=O. The van der Waals surface area contributed by atoms with Crippen molar-refractivity contribution in [3.63, 3.8) is 0 Å². The number of ether oxygens (including phenoxy) is 1. The number of benzene rings is 1. The molecular formula is C20H22N4O5. The van der Waals surface area contributed by atoms with Gasteiger partial charge >= 0.3 is 17.5 Å². The number of carbonyl (C=O) groups is 2. The van der Waals surface area contributed by atoms with Gasteiger partial charge in [0.2, 0.25) is 0 Å². The van der Waals surface area contributed by atoms with E-state index in [0.717, 1.165) is 9.47 Å². The summed E-state index contributed by atoms with van der Waals surface area (Å²) in [7, 11) is 0. The van der Waals surface area contributed by atoms with Crippen molar-refractivity contribution in [2.75, 3.05) is 6.54 Å². The van der Waals surface area contributed by atoms with Gasteiger partial charge in [-0.2, -0.15) is 0 Å². The van der Waals surface area contributed by atoms with Crippen LogP contribution in [-0.4, -0.2) is 43.0 Å². The number of rotatable bonds is 1. The van der Waals surface area contributed by atoms with E-state index in [9.17, 15) is 19.2 Å². The van der Waals surface area contributed by atoms with Gasteiger partial charge in [0.15, 0.2) is 0 Å². The number of hydrogen-bond donors (Lipinski definition) is 0. The number of aromatic nitrogens is 3. The molecule has 1 saturated heterocycles. The minimum atomic E-state index is -1.16. The molecule has 0 N–H and O–H groups in total. The molecule has 0 spiro atoms. The van der Waals surface area contributed by atoms with Crippen molar-refractivity contribution >= 4 is 12.0 Å². The number of para-hydroxylation sites is 1. The summed E-state index contributed by atoms with van der Waals surface area (Å²) in [6, 6.07) is 8.59. The Labute approximate surface area is 166 Å². The van der Waals surface area contributed by atoms with E-state index >= 15 is 0 Å². The number of nitrogens with zero attached hydrogens (tertiary/aromatic N) is 4. The summed E-state index contributed by atoms with van der Waals surface area (Å²) in [4.78, 5) is 52.6. The third kappa shape index (κ3) is 2.76. The van der Waals surface area contributed by atoms with Crippen molar-refractivity contribution in [2.24, 2.45) is 0 Å². The van der Waals surface area contributed by atoms with Gasteiger partial charge in [-0.05, 0) is 39.8 Å². The molecule has 152 valence electrons. The van der Waals surface area contributed by atoms with Crippen molar-refractivity contribution in [2.45, 2.75) is 45.4 Å². The maximum absolute atomic E-state index is 13.2. The molecule has 2 aromatic rings. The lowest BCUT2D eigenvalue weighted by atomic mass is 9.93. The second-order valence-electron chi connectivity index (χ2n) is 8.39. The molecule has 9 nitrogen and oxygen atoms in total. The van der Waals surface area contributed by atoms with Crippen LogP contribution in [0.4, 0.5) is 4.79 Å². The van der Waals surface area contributed by atoms with Crippen LogP contribution in [0.25, 0.3) is 5.69 Å². The topological polar surface area (TPSA) is 95.5 Å². The van der Waals surface area contributed by atoms with Gasteiger partial charge in [-0.15, -0.1) is 0 Å². The van der Waals surface area contributed by atoms with E-state index in [2.05, 4.69) is 0 Å². The molecule has 0 radical (unpaired) electrons. The maximum Gasteiger partial charge on any atom is 0.417 e. The molecule has 2 aliphatic rings. The van der Waals surface area contributed by atoms with Crippen LogP contribution >= 0.6 is 0 Å². The molecule has 2 aliphatic heterocycles. The first-order valence-electron chi connectivity index (χ1n) is 9.31. The number of carbonyl (C=O) groups excluding carboxylic acids is 2. The molecule has 0 saturated carbocycles. The zero-order valence-electron chi connectivity index (χ0n) is 16.7. The van der Waals surface area contributed by atoms with Gasteiger partial charge in [0.1, 0.15) is 11.1 Å². The zero-order valence-corrected chi connectivity index (χ0v) is 16.7. The minimum Gasteiger partial charge on any atom is -0.443 e. The summed E-state index contributed by atoms with van der Waals surface area (Å²) in [5.41, 5.74) is -2.25. The molecule has 1 fully saturated rings. The van der Waals surface area contributed by atoms with Crippen molar-refractivity contribution in [3.05, 3.63) is 62.9 Å². The van der Waals surface area contributed by atoms with Crippen molar-refractivity contribution < 1.29 is 14.3 Å². The molecule has 1 atom stereocenters. The smallest absolute Gasteiger partial charge is 0.417 e. The highest BCUT2D eigenvalue weighted by Gasteiger charge is 2.53. The Morgan fingerprint density at radius 2 is 1.72 bits per heavy atom. The number of amides is 2. The van der Waals surface area contributed by atoms with E-state index in [4.69, 9.17) is 4.74 Å². The fourth-order valence-electron chi connectivity index (χ4n) is 3.89. The molecule has 29 heavy (non-hydrogen) atoms. The van der Waals surface area contributed by atoms with Crippen LogP contribution in [0.5, 0.6) is 0 Å². The number of allylic oxidation sites excluding steroid dienone is 1. The predicted octanol–water partition coefficient (Wildman–Crippen LogP) is 1.23. The van der Waals surface area contributed by atoms with Crippen LogP contribution < -0.4 is 11.4 Å². The van der Waals surface area contributed by atoms with Gasteiger partial charge in [-0.3, -0.25) is 4.79 Å². The second kappa shape index (κ2) is 6.07. The number of fused-ring (bicyclic) bond motifs is 3. The Balaban J connectivity index is 1.82. The van der Waals surface area contributed by atoms with E-state index in [-0.39, 0.29) is 13.1 Å². The summed E-state index contributed by atoms with van der Waals surface area (Å²) < 4.78 is 8.98. The van der Waals surface area contributed by atoms with Crippen LogP contribution in [0, 0.1) is 0 Å². The minimum absolute atomic E-state index is 0.0622. The van der Waals surface area contributed by atoms with Crippen LogP contribution in [0.15, 0.2) is 51.6 Å². The summed E-state index contributed by atoms with van der Waals surface area (Å²) in [6.45, 7) is 6.77. The molecule has 1 aromatic carbocycles. The molecule has 1 aromatic heterocycles. The van der Waals surface area contributed by atoms with Gasteiger partial charge < -0.3 is 4.74 Å². The van der Waals surface area contributed by atoms with E-state index in [1.54, 1.807) is 64.1 Å². The highest BCUT2D eigenvalue weighted by molar-refractivity contribution is 6.06. The first kappa shape index (κ1) is 19.0. The molecule has 0 bridgehead atoms. The third-order valence-corrected chi connectivity index (χ3v) is 5.11. The standard InChI is InChI=1S/C20H22N4O5/c1-19(2,3)29-18(28)21-12-20(4)14(15(21)25)10-11-22-16(26)23(17(27)24(20)22)13-8-6-5-7-9-13/h5-10H,11-12H2,1-4H3/t20-/m0/s1. The fraction of sp³-hybridized carbons (Fsp3) is 0.400. The molecule has 3 heterocycles. The summed E-state index contributed by atoms with van der Waals surface area (Å²) in [5.74, 6) is -0.514. The van der Waals surface area contributed by atoms with Gasteiger partial charge in [-0.25, -0.2) is 33.2 Å². The number of likely N-dealkylation sites (tertiary alicyclic amines) is 1. The Morgan fingerprint density at radius 3 is 2.34 bits per heavy atom. The quantitative estimate of drug-likeness (QED) is 0.720. The van der Waals surface area contributed by atoms with Gasteiger partial charge in [0, 0.05) is 5.57 Å². The third-order valence-electron chi connectivity index (χ3n) is 5.11. The van der Waals surface area contributed by atoms with Crippen LogP contribution in [0.1, 0.15) is 27.7 Å². The van der Waals surface area contributed by atoms with E-state index in [1.165, 1.54) is 9.36 Å². The van der Waals surface area contributed by atoms with Gasteiger partial charge in [0.25, 0.3) is 5.91 Å². The summed E-state index contributed by atoms with van der Waals surface area (Å²) in [5, 5.41) is 0. The van der Waals surface area contributed by atoms with Gasteiger partial charge in [-0.1, -0.05) is 24.3 Å². The maximum atomic E-state index is 13.2. The Kier molecular flexibility index (Phi) is 3.97. The highest BCUT2D eigenvalue weighted by atomic mass is 16.6. The lowest BCUT2D eigenvalue weighted by Crippen LogP contribution is -2.48. The average Bonchev–Trinajstić information content (AvgIpc) is 3.06. The van der Waals surface area contributed by atoms with Crippen molar-refractivity contribution in [1.82, 2.24) is 18.8 Å². The monoisotopic (exact) mass is 398 g/mol. The predicted molar refractivity (Wildman–Crippen MR) is 104 cm³/mol. The van der Waals surface area contributed by atoms with Crippen LogP contribution in [-0.2, 0) is 21.6 Å². The Hall–Kier alpha value is -3.36. The number of hydrogen-bond acceptors (Lipinski definition) is 5.